The van der Waals surface area contributed by atoms with Crippen molar-refractivity contribution in [1.29, 1.82) is 0 Å². The molecule has 0 bridgehead atoms. The average molecular weight is 319 g/mol. The van der Waals surface area contributed by atoms with E-state index in [0.717, 1.165) is 43.0 Å². The van der Waals surface area contributed by atoms with E-state index in [2.05, 4.69) is 51.7 Å². The van der Waals surface area contributed by atoms with Crippen LogP contribution in [0.4, 0.5) is 11.4 Å². The van der Waals surface area contributed by atoms with Gasteiger partial charge in [-0.05, 0) is 65.7 Å². The Morgan fingerprint density at radius 3 is 2.13 bits per heavy atom. The first kappa shape index (κ1) is 19.3. The van der Waals surface area contributed by atoms with Crippen LogP contribution in [0, 0.1) is 0 Å². The topological polar surface area (TPSA) is 49.6 Å². The molecule has 0 heterocycles. The lowest BCUT2D eigenvalue weighted by Gasteiger charge is -2.35. The van der Waals surface area contributed by atoms with Crippen molar-refractivity contribution in [2.75, 3.05) is 30.3 Å². The Morgan fingerprint density at radius 1 is 1.09 bits per heavy atom. The fraction of sp³-hybridized carbons (Fsp3) is 0.632. The van der Waals surface area contributed by atoms with Gasteiger partial charge in [0, 0.05) is 31.6 Å². The Hall–Kier alpha value is -1.71. The zero-order valence-electron chi connectivity index (χ0n) is 15.6. The number of carbonyl (C=O) groups excluding carboxylic acids is 1. The van der Waals surface area contributed by atoms with Crippen LogP contribution >= 0.6 is 0 Å². The minimum atomic E-state index is -0.128. The van der Waals surface area contributed by atoms with Crippen molar-refractivity contribution in [3.05, 3.63) is 23.8 Å². The van der Waals surface area contributed by atoms with E-state index in [0.29, 0.717) is 6.42 Å². The number of nitrogens with zero attached hydrogens (tertiary/aromatic N) is 2. The van der Waals surface area contributed by atoms with Crippen LogP contribution in [0.15, 0.2) is 18.2 Å². The van der Waals surface area contributed by atoms with Gasteiger partial charge >= 0.3 is 0 Å². The van der Waals surface area contributed by atoms with Crippen molar-refractivity contribution in [2.45, 2.75) is 59.9 Å². The molecule has 0 unspecified atom stereocenters. The van der Waals surface area contributed by atoms with Crippen LogP contribution in [-0.4, -0.2) is 36.0 Å². The van der Waals surface area contributed by atoms with E-state index in [4.69, 9.17) is 5.73 Å². The Kier molecular flexibility index (Phi) is 6.92. The van der Waals surface area contributed by atoms with Crippen LogP contribution in [-0.2, 0) is 11.2 Å². The number of nitrogen functional groups attached to an aromatic ring is 1. The Morgan fingerprint density at radius 2 is 1.70 bits per heavy atom. The van der Waals surface area contributed by atoms with Gasteiger partial charge in [0.2, 0.25) is 5.91 Å². The number of nitrogens with two attached hydrogens (primary N) is 1. The summed E-state index contributed by atoms with van der Waals surface area (Å²) in [5.41, 5.74) is 9.06. The molecule has 0 aliphatic rings. The molecule has 0 aliphatic heterocycles. The minimum Gasteiger partial charge on any atom is -0.397 e. The monoisotopic (exact) mass is 319 g/mol. The number of rotatable bonds is 7. The number of hydrogen-bond donors (Lipinski definition) is 1. The van der Waals surface area contributed by atoms with E-state index >= 15 is 0 Å². The molecule has 0 radical (unpaired) electrons. The summed E-state index contributed by atoms with van der Waals surface area (Å²) in [4.78, 5) is 16.6. The predicted octanol–water partition coefficient (Wildman–Crippen LogP) is 3.69. The molecule has 4 heteroatoms. The molecule has 1 aromatic rings. The van der Waals surface area contributed by atoms with Crippen molar-refractivity contribution in [2.24, 2.45) is 0 Å². The molecular formula is C19H33N3O. The van der Waals surface area contributed by atoms with Gasteiger partial charge in [-0.1, -0.05) is 6.07 Å². The summed E-state index contributed by atoms with van der Waals surface area (Å²) in [5, 5.41) is 0. The Bertz CT molecular complexity index is 516. The molecule has 1 amide bonds. The van der Waals surface area contributed by atoms with Crippen LogP contribution in [0.3, 0.4) is 0 Å². The molecule has 0 saturated carbocycles. The molecule has 2 N–H and O–H groups in total. The molecule has 0 atom stereocenters. The van der Waals surface area contributed by atoms with E-state index in [-0.39, 0.29) is 11.4 Å². The molecule has 0 aromatic heterocycles. The van der Waals surface area contributed by atoms with Crippen molar-refractivity contribution in [1.82, 2.24) is 4.90 Å². The lowest BCUT2D eigenvalue weighted by Crippen LogP contribution is -2.45. The minimum absolute atomic E-state index is 0.128. The fourth-order valence-electron chi connectivity index (χ4n) is 3.02. The summed E-state index contributed by atoms with van der Waals surface area (Å²) in [6, 6.07) is 6.17. The summed E-state index contributed by atoms with van der Waals surface area (Å²) in [5.74, 6) is 0.200. The molecule has 0 fully saturated rings. The molecule has 1 rings (SSSR count). The van der Waals surface area contributed by atoms with Crippen molar-refractivity contribution >= 4 is 17.3 Å². The third-order valence-electron chi connectivity index (χ3n) is 4.25. The van der Waals surface area contributed by atoms with Gasteiger partial charge in [0.25, 0.3) is 0 Å². The van der Waals surface area contributed by atoms with Gasteiger partial charge in [-0.2, -0.15) is 0 Å². The predicted molar refractivity (Wildman–Crippen MR) is 99.9 cm³/mol. The van der Waals surface area contributed by atoms with Crippen LogP contribution < -0.4 is 10.6 Å². The number of benzene rings is 1. The number of carbonyl (C=O) groups is 1. The SMILES string of the molecule is CCN(CC)c1ccc(CCC(=O)N(CC)C(C)(C)C)cc1N. The highest BCUT2D eigenvalue weighted by Gasteiger charge is 2.24. The number of amides is 1. The van der Waals surface area contributed by atoms with E-state index in [1.165, 1.54) is 0 Å². The molecule has 0 spiro atoms. The van der Waals surface area contributed by atoms with Gasteiger partial charge in [0.05, 0.1) is 11.4 Å². The van der Waals surface area contributed by atoms with Gasteiger partial charge in [0.1, 0.15) is 0 Å². The second-order valence-electron chi connectivity index (χ2n) is 6.87. The molecule has 0 saturated heterocycles. The summed E-state index contributed by atoms with van der Waals surface area (Å²) in [6.45, 7) is 15.1. The third kappa shape index (κ3) is 5.15. The maximum atomic E-state index is 12.4. The van der Waals surface area contributed by atoms with Crippen LogP contribution in [0.2, 0.25) is 0 Å². The van der Waals surface area contributed by atoms with Gasteiger partial charge in [-0.15, -0.1) is 0 Å². The third-order valence-corrected chi connectivity index (χ3v) is 4.25. The van der Waals surface area contributed by atoms with Crippen LogP contribution in [0.1, 0.15) is 53.5 Å². The fourth-order valence-corrected chi connectivity index (χ4v) is 3.02. The van der Waals surface area contributed by atoms with Gasteiger partial charge < -0.3 is 15.5 Å². The molecule has 23 heavy (non-hydrogen) atoms. The van der Waals surface area contributed by atoms with Gasteiger partial charge in [0.15, 0.2) is 0 Å². The Balaban J connectivity index is 2.76. The summed E-state index contributed by atoms with van der Waals surface area (Å²) >= 11 is 0. The van der Waals surface area contributed by atoms with E-state index in [1.807, 2.05) is 17.9 Å². The smallest absolute Gasteiger partial charge is 0.223 e. The van der Waals surface area contributed by atoms with E-state index in [1.54, 1.807) is 0 Å². The second kappa shape index (κ2) is 8.23. The highest BCUT2D eigenvalue weighted by atomic mass is 16.2. The molecule has 1 aromatic carbocycles. The zero-order chi connectivity index (χ0) is 17.6. The first-order valence-electron chi connectivity index (χ1n) is 8.68. The quantitative estimate of drug-likeness (QED) is 0.780. The largest absolute Gasteiger partial charge is 0.397 e. The van der Waals surface area contributed by atoms with Crippen molar-refractivity contribution < 1.29 is 4.79 Å². The summed E-state index contributed by atoms with van der Waals surface area (Å²) in [6.07, 6.45) is 1.25. The normalized spacial score (nSPS) is 11.4. The van der Waals surface area contributed by atoms with Crippen molar-refractivity contribution in [3.63, 3.8) is 0 Å². The lowest BCUT2D eigenvalue weighted by atomic mass is 10.0. The maximum absolute atomic E-state index is 12.4. The highest BCUT2D eigenvalue weighted by molar-refractivity contribution is 5.77. The standard InChI is InChI=1S/C19H33N3O/c1-7-21(8-2)17-12-10-15(14-16(17)20)11-13-18(23)22(9-3)19(4,5)6/h10,12,14H,7-9,11,13,20H2,1-6H3. The van der Waals surface area contributed by atoms with Gasteiger partial charge in [-0.25, -0.2) is 0 Å². The van der Waals surface area contributed by atoms with Crippen LogP contribution in [0.5, 0.6) is 0 Å². The average Bonchev–Trinajstić information content (AvgIpc) is 2.47. The maximum Gasteiger partial charge on any atom is 0.223 e. The van der Waals surface area contributed by atoms with E-state index in [9.17, 15) is 4.79 Å². The van der Waals surface area contributed by atoms with Crippen LogP contribution in [0.25, 0.3) is 0 Å². The molecule has 4 nitrogen and oxygen atoms in total. The Labute approximate surface area is 141 Å². The number of aryl methyl sites for hydroxylation is 1. The van der Waals surface area contributed by atoms with Crippen molar-refractivity contribution in [3.8, 4) is 0 Å². The highest BCUT2D eigenvalue weighted by Crippen LogP contribution is 2.25. The molecular weight excluding hydrogens is 286 g/mol. The van der Waals surface area contributed by atoms with E-state index < -0.39 is 0 Å². The first-order valence-corrected chi connectivity index (χ1v) is 8.68. The molecule has 130 valence electrons. The number of hydrogen-bond acceptors (Lipinski definition) is 3. The summed E-state index contributed by atoms with van der Waals surface area (Å²) < 4.78 is 0. The number of anilines is 2. The molecule has 0 aliphatic carbocycles. The second-order valence-corrected chi connectivity index (χ2v) is 6.87. The lowest BCUT2D eigenvalue weighted by molar-refractivity contribution is -0.135. The summed E-state index contributed by atoms with van der Waals surface area (Å²) in [7, 11) is 0. The zero-order valence-corrected chi connectivity index (χ0v) is 15.6. The first-order chi connectivity index (χ1) is 10.7. The van der Waals surface area contributed by atoms with Gasteiger partial charge in [-0.3, -0.25) is 4.79 Å².